The first-order valence-corrected chi connectivity index (χ1v) is 6.93. The van der Waals surface area contributed by atoms with E-state index >= 15 is 0 Å². The van der Waals surface area contributed by atoms with Gasteiger partial charge < -0.3 is 14.5 Å². The lowest BCUT2D eigenvalue weighted by molar-refractivity contribution is 0.0524. The Kier molecular flexibility index (Phi) is 3.50. The van der Waals surface area contributed by atoms with E-state index in [4.69, 9.17) is 9.47 Å². The van der Waals surface area contributed by atoms with Gasteiger partial charge in [0.05, 0.1) is 24.8 Å². The number of carbonyl (C=O) groups excluding carboxylic acids is 1. The molecule has 3 aromatic rings. The average molecular weight is 311 g/mol. The number of nitriles is 1. The first-order valence-electron chi connectivity index (χ1n) is 6.93. The van der Waals surface area contributed by atoms with E-state index in [1.54, 1.807) is 36.6 Å². The van der Waals surface area contributed by atoms with Crippen LogP contribution in [0.4, 0.5) is 0 Å². The summed E-state index contributed by atoms with van der Waals surface area (Å²) >= 11 is 0. The number of nitrogens with one attached hydrogen (secondary N) is 1. The number of methoxy groups -OCH3 is 1. The van der Waals surface area contributed by atoms with Crippen molar-refractivity contribution in [2.45, 2.75) is 6.92 Å². The number of esters is 1. The summed E-state index contributed by atoms with van der Waals surface area (Å²) in [6.45, 7) is 1.80. The molecule has 0 aliphatic rings. The number of rotatable bonds is 3. The number of hydrogen-bond acceptors (Lipinski definition) is 5. The maximum atomic E-state index is 12.3. The zero-order valence-electron chi connectivity index (χ0n) is 12.5. The van der Waals surface area contributed by atoms with Gasteiger partial charge in [0.15, 0.2) is 0 Å². The first kappa shape index (κ1) is 14.7. The molecule has 0 saturated carbocycles. The quantitative estimate of drug-likeness (QED) is 0.744. The molecule has 0 bridgehead atoms. The lowest BCUT2D eigenvalue weighted by Crippen LogP contribution is -2.21. The minimum absolute atomic E-state index is 0.134. The third-order valence-electron chi connectivity index (χ3n) is 3.53. The van der Waals surface area contributed by atoms with Crippen LogP contribution in [0.2, 0.25) is 0 Å². The molecule has 1 aromatic carbocycles. The van der Waals surface area contributed by atoms with Gasteiger partial charge in [0, 0.05) is 12.3 Å². The van der Waals surface area contributed by atoms with Crippen molar-refractivity contribution in [3.63, 3.8) is 0 Å². The van der Waals surface area contributed by atoms with Crippen molar-refractivity contribution in [3.05, 3.63) is 45.7 Å². The summed E-state index contributed by atoms with van der Waals surface area (Å²) in [5, 5.41) is 9.32. The average Bonchev–Trinajstić information content (AvgIpc) is 2.91. The van der Waals surface area contributed by atoms with Crippen molar-refractivity contribution < 1.29 is 14.3 Å². The number of aromatic nitrogens is 2. The Balaban J connectivity index is 2.40. The minimum atomic E-state index is -0.744. The lowest BCUT2D eigenvalue weighted by atomic mass is 10.2. The molecular weight excluding hydrogens is 298 g/mol. The fraction of sp³-hybridized carbons (Fsp3) is 0.188. The van der Waals surface area contributed by atoms with Crippen LogP contribution >= 0.6 is 0 Å². The van der Waals surface area contributed by atoms with Gasteiger partial charge in [0.25, 0.3) is 0 Å². The zero-order chi connectivity index (χ0) is 16.6. The summed E-state index contributed by atoms with van der Waals surface area (Å²) in [6.07, 6.45) is 1.39. The van der Waals surface area contributed by atoms with Gasteiger partial charge in [-0.1, -0.05) is 0 Å². The summed E-state index contributed by atoms with van der Waals surface area (Å²) in [4.78, 5) is 27.3. The standard InChI is InChI=1S/C16H13N3O4/c1-3-23-16(21)11-8-19-13-5-4-9(22-2)6-12(13)18-15(19)10(7-17)14(11)20/h4-6,8,18H,3H2,1-2H3. The van der Waals surface area contributed by atoms with Gasteiger partial charge in [-0.15, -0.1) is 0 Å². The molecule has 0 saturated heterocycles. The van der Waals surface area contributed by atoms with E-state index in [2.05, 4.69) is 4.98 Å². The zero-order valence-corrected chi connectivity index (χ0v) is 12.5. The Bertz CT molecular complexity index is 1020. The van der Waals surface area contributed by atoms with Crippen LogP contribution in [0, 0.1) is 11.3 Å². The number of aromatic amines is 1. The molecule has 0 fully saturated rings. The van der Waals surface area contributed by atoms with Crippen molar-refractivity contribution in [2.24, 2.45) is 0 Å². The van der Waals surface area contributed by atoms with Crippen molar-refractivity contribution in [2.75, 3.05) is 13.7 Å². The third kappa shape index (κ3) is 2.21. The van der Waals surface area contributed by atoms with Gasteiger partial charge in [-0.2, -0.15) is 5.26 Å². The van der Waals surface area contributed by atoms with Gasteiger partial charge in [0.2, 0.25) is 5.43 Å². The number of fused-ring (bicyclic) bond motifs is 3. The monoisotopic (exact) mass is 311 g/mol. The smallest absolute Gasteiger partial charge is 0.343 e. The maximum absolute atomic E-state index is 12.3. The number of pyridine rings is 1. The van der Waals surface area contributed by atoms with E-state index in [9.17, 15) is 14.9 Å². The highest BCUT2D eigenvalue weighted by Gasteiger charge is 2.20. The highest BCUT2D eigenvalue weighted by Crippen LogP contribution is 2.23. The maximum Gasteiger partial charge on any atom is 0.343 e. The molecule has 0 aliphatic heterocycles. The van der Waals surface area contributed by atoms with Crippen molar-refractivity contribution >= 4 is 22.6 Å². The number of carbonyl (C=O) groups is 1. The van der Waals surface area contributed by atoms with Gasteiger partial charge in [-0.3, -0.25) is 9.20 Å². The van der Waals surface area contributed by atoms with E-state index in [0.717, 1.165) is 0 Å². The molecule has 0 unspecified atom stereocenters. The fourth-order valence-electron chi connectivity index (χ4n) is 2.47. The summed E-state index contributed by atoms with van der Waals surface area (Å²) in [6, 6.07) is 7.14. The minimum Gasteiger partial charge on any atom is -0.497 e. The van der Waals surface area contributed by atoms with E-state index in [0.29, 0.717) is 22.4 Å². The molecule has 0 amide bonds. The van der Waals surface area contributed by atoms with Crippen LogP contribution in [-0.4, -0.2) is 29.1 Å². The number of benzene rings is 1. The van der Waals surface area contributed by atoms with Crippen LogP contribution in [0.1, 0.15) is 22.8 Å². The van der Waals surface area contributed by atoms with Crippen molar-refractivity contribution in [1.29, 1.82) is 5.26 Å². The Morgan fingerprint density at radius 2 is 2.22 bits per heavy atom. The fourth-order valence-corrected chi connectivity index (χ4v) is 2.47. The SMILES string of the molecule is CCOC(=O)c1cn2c([nH]c3cc(OC)ccc32)c(C#N)c1=O. The molecule has 7 nitrogen and oxygen atoms in total. The van der Waals surface area contributed by atoms with E-state index in [1.807, 2.05) is 6.07 Å². The van der Waals surface area contributed by atoms with Crippen LogP contribution < -0.4 is 10.2 Å². The molecular formula is C16H13N3O4. The molecule has 3 rings (SSSR count). The Labute approximate surface area is 130 Å². The van der Waals surface area contributed by atoms with Crippen LogP contribution in [0.3, 0.4) is 0 Å². The molecule has 7 heteroatoms. The predicted molar refractivity (Wildman–Crippen MR) is 82.7 cm³/mol. The summed E-state index contributed by atoms with van der Waals surface area (Å²) in [5.41, 5.74) is 0.769. The van der Waals surface area contributed by atoms with Gasteiger partial charge in [0.1, 0.15) is 28.6 Å². The highest BCUT2D eigenvalue weighted by molar-refractivity contribution is 5.92. The third-order valence-corrected chi connectivity index (χ3v) is 3.53. The molecule has 0 radical (unpaired) electrons. The van der Waals surface area contributed by atoms with Crippen LogP contribution in [-0.2, 0) is 4.74 Å². The highest BCUT2D eigenvalue weighted by atomic mass is 16.5. The molecule has 0 atom stereocenters. The topological polar surface area (TPSA) is 96.6 Å². The molecule has 1 N–H and O–H groups in total. The number of hydrogen-bond donors (Lipinski definition) is 1. The Hall–Kier alpha value is -3.27. The summed E-state index contributed by atoms with van der Waals surface area (Å²) in [7, 11) is 1.55. The molecule has 116 valence electrons. The van der Waals surface area contributed by atoms with Crippen molar-refractivity contribution in [3.8, 4) is 11.8 Å². The van der Waals surface area contributed by atoms with Crippen LogP contribution in [0.5, 0.6) is 5.75 Å². The lowest BCUT2D eigenvalue weighted by Gasteiger charge is -2.04. The second kappa shape index (κ2) is 5.50. The summed E-state index contributed by atoms with van der Waals surface area (Å²) in [5.74, 6) is -0.109. The second-order valence-electron chi connectivity index (χ2n) is 4.81. The van der Waals surface area contributed by atoms with Gasteiger partial charge >= 0.3 is 5.97 Å². The molecule has 0 aliphatic carbocycles. The largest absolute Gasteiger partial charge is 0.497 e. The number of ether oxygens (including phenoxy) is 2. The first-order chi connectivity index (χ1) is 11.1. The molecule has 2 heterocycles. The van der Waals surface area contributed by atoms with E-state index in [-0.39, 0.29) is 17.7 Å². The molecule has 0 spiro atoms. The van der Waals surface area contributed by atoms with Crippen molar-refractivity contribution in [1.82, 2.24) is 9.38 Å². The number of imidazole rings is 1. The molecule has 23 heavy (non-hydrogen) atoms. The van der Waals surface area contributed by atoms with Crippen LogP contribution in [0.25, 0.3) is 16.7 Å². The Morgan fingerprint density at radius 1 is 1.43 bits per heavy atom. The van der Waals surface area contributed by atoms with E-state index in [1.165, 1.54) is 6.20 Å². The predicted octanol–water partition coefficient (Wildman–Crippen LogP) is 1.84. The normalized spacial score (nSPS) is 10.7. The van der Waals surface area contributed by atoms with E-state index < -0.39 is 11.4 Å². The van der Waals surface area contributed by atoms with Crippen LogP contribution in [0.15, 0.2) is 29.2 Å². The second-order valence-corrected chi connectivity index (χ2v) is 4.81. The van der Waals surface area contributed by atoms with Gasteiger partial charge in [-0.25, -0.2) is 4.79 Å². The molecule has 2 aromatic heterocycles. The number of nitrogens with zero attached hydrogens (tertiary/aromatic N) is 2. The Morgan fingerprint density at radius 3 is 2.87 bits per heavy atom. The van der Waals surface area contributed by atoms with Gasteiger partial charge in [-0.05, 0) is 19.1 Å². The number of H-pyrrole nitrogens is 1. The summed E-state index contributed by atoms with van der Waals surface area (Å²) < 4.78 is 11.7.